The zero-order valence-electron chi connectivity index (χ0n) is 18.1. The van der Waals surface area contributed by atoms with E-state index in [1.807, 2.05) is 53.4 Å². The van der Waals surface area contributed by atoms with Crippen molar-refractivity contribution in [3.8, 4) is 0 Å². The van der Waals surface area contributed by atoms with E-state index < -0.39 is 18.1 Å². The van der Waals surface area contributed by atoms with Crippen LogP contribution in [0.15, 0.2) is 48.5 Å². The summed E-state index contributed by atoms with van der Waals surface area (Å²) >= 11 is 0. The highest BCUT2D eigenvalue weighted by Gasteiger charge is 2.41. The Bertz CT molecular complexity index is 969. The number of halogens is 3. The fourth-order valence-electron chi connectivity index (χ4n) is 4.22. The molecule has 0 spiro atoms. The lowest BCUT2D eigenvalue weighted by molar-refractivity contribution is -0.179. The van der Waals surface area contributed by atoms with Crippen LogP contribution in [0.3, 0.4) is 0 Å². The monoisotopic (exact) mass is 460 g/mol. The normalized spacial score (nSPS) is 19.3. The standard InChI is InChI=1S/C24H27F3N4O2/c25-24(26,27)17-11-13-31(14-12-17)20-7-5-19(6-8-20)29-18-3-1-16(2-4-18)15-28-23(33)21-9-10-22(32)30-21/h1-8,17,21,29H,9-15H2,(H,28,33)(H,30,32)/t21-/m0/s1. The molecule has 2 aliphatic heterocycles. The molecule has 0 aromatic heterocycles. The van der Waals surface area contributed by atoms with Crippen LogP contribution in [0.5, 0.6) is 0 Å². The van der Waals surface area contributed by atoms with Gasteiger partial charge in [-0.25, -0.2) is 0 Å². The molecule has 0 aliphatic carbocycles. The zero-order chi connectivity index (χ0) is 23.4. The van der Waals surface area contributed by atoms with Crippen LogP contribution in [-0.2, 0) is 16.1 Å². The van der Waals surface area contributed by atoms with Crippen LogP contribution in [0.25, 0.3) is 0 Å². The Morgan fingerprint density at radius 3 is 2.12 bits per heavy atom. The Kier molecular flexibility index (Phi) is 6.76. The number of rotatable bonds is 6. The predicted octanol–water partition coefficient (Wildman–Crippen LogP) is 4.10. The molecule has 2 aromatic carbocycles. The molecule has 2 saturated heterocycles. The first-order chi connectivity index (χ1) is 15.8. The summed E-state index contributed by atoms with van der Waals surface area (Å²) in [5.41, 5.74) is 3.62. The number of nitrogens with one attached hydrogen (secondary N) is 3. The van der Waals surface area contributed by atoms with Crippen molar-refractivity contribution < 1.29 is 22.8 Å². The predicted molar refractivity (Wildman–Crippen MR) is 120 cm³/mol. The van der Waals surface area contributed by atoms with Crippen molar-refractivity contribution in [3.63, 3.8) is 0 Å². The van der Waals surface area contributed by atoms with Crippen LogP contribution in [0.4, 0.5) is 30.2 Å². The number of carbonyl (C=O) groups excluding carboxylic acids is 2. The molecular formula is C24H27F3N4O2. The third-order valence-electron chi connectivity index (χ3n) is 6.21. The summed E-state index contributed by atoms with van der Waals surface area (Å²) in [5, 5.41) is 8.79. The fraction of sp³-hybridized carbons (Fsp3) is 0.417. The second kappa shape index (κ2) is 9.72. The van der Waals surface area contributed by atoms with Crippen molar-refractivity contribution in [2.45, 2.75) is 44.4 Å². The Morgan fingerprint density at radius 2 is 1.58 bits per heavy atom. The summed E-state index contributed by atoms with van der Waals surface area (Å²) in [4.78, 5) is 25.3. The van der Waals surface area contributed by atoms with Crippen molar-refractivity contribution in [1.82, 2.24) is 10.6 Å². The first-order valence-corrected chi connectivity index (χ1v) is 11.1. The van der Waals surface area contributed by atoms with E-state index in [9.17, 15) is 22.8 Å². The van der Waals surface area contributed by atoms with Crippen molar-refractivity contribution in [3.05, 3.63) is 54.1 Å². The van der Waals surface area contributed by atoms with Gasteiger partial charge in [-0.05, 0) is 61.2 Å². The van der Waals surface area contributed by atoms with E-state index in [4.69, 9.17) is 0 Å². The minimum absolute atomic E-state index is 0.0929. The van der Waals surface area contributed by atoms with Gasteiger partial charge in [0.25, 0.3) is 0 Å². The molecule has 3 N–H and O–H groups in total. The zero-order valence-corrected chi connectivity index (χ0v) is 18.1. The lowest BCUT2D eigenvalue weighted by Gasteiger charge is -2.34. The number of piperidine rings is 1. The molecule has 2 aromatic rings. The smallest absolute Gasteiger partial charge is 0.372 e. The maximum Gasteiger partial charge on any atom is 0.391 e. The second-order valence-corrected chi connectivity index (χ2v) is 8.55. The van der Waals surface area contributed by atoms with E-state index in [2.05, 4.69) is 16.0 Å². The maximum absolute atomic E-state index is 12.9. The van der Waals surface area contributed by atoms with Crippen LogP contribution in [0, 0.1) is 5.92 Å². The van der Waals surface area contributed by atoms with Gasteiger partial charge in [0.1, 0.15) is 6.04 Å². The third kappa shape index (κ3) is 5.97. The van der Waals surface area contributed by atoms with Gasteiger partial charge in [0.2, 0.25) is 11.8 Å². The first kappa shape index (κ1) is 22.9. The number of nitrogens with zero attached hydrogens (tertiary/aromatic N) is 1. The summed E-state index contributed by atoms with van der Waals surface area (Å²) in [5.74, 6) is -1.47. The van der Waals surface area contributed by atoms with E-state index in [1.165, 1.54) is 0 Å². The van der Waals surface area contributed by atoms with Gasteiger partial charge in [0.15, 0.2) is 0 Å². The van der Waals surface area contributed by atoms with Crippen molar-refractivity contribution in [2.24, 2.45) is 5.92 Å². The molecule has 2 amide bonds. The molecule has 2 heterocycles. The number of amides is 2. The number of alkyl halides is 3. The second-order valence-electron chi connectivity index (χ2n) is 8.55. The van der Waals surface area contributed by atoms with Crippen LogP contribution >= 0.6 is 0 Å². The Morgan fingerprint density at radius 1 is 0.970 bits per heavy atom. The number of hydrogen-bond acceptors (Lipinski definition) is 4. The number of carbonyl (C=O) groups is 2. The number of benzene rings is 2. The van der Waals surface area contributed by atoms with E-state index in [0.29, 0.717) is 32.5 Å². The summed E-state index contributed by atoms with van der Waals surface area (Å²) in [6, 6.07) is 14.9. The van der Waals surface area contributed by atoms with Crippen molar-refractivity contribution in [1.29, 1.82) is 0 Å². The summed E-state index contributed by atoms with van der Waals surface area (Å²) in [6.45, 7) is 1.19. The highest BCUT2D eigenvalue weighted by atomic mass is 19.4. The molecule has 0 bridgehead atoms. The van der Waals surface area contributed by atoms with Crippen molar-refractivity contribution in [2.75, 3.05) is 23.3 Å². The Hall–Kier alpha value is -3.23. The van der Waals surface area contributed by atoms with E-state index >= 15 is 0 Å². The molecule has 33 heavy (non-hydrogen) atoms. The maximum atomic E-state index is 12.9. The highest BCUT2D eigenvalue weighted by Crippen LogP contribution is 2.35. The van der Waals surface area contributed by atoms with Gasteiger partial charge in [-0.3, -0.25) is 9.59 Å². The molecule has 2 fully saturated rings. The molecule has 1 atom stereocenters. The van der Waals surface area contributed by atoms with E-state index in [1.54, 1.807) is 0 Å². The van der Waals surface area contributed by atoms with Gasteiger partial charge in [0, 0.05) is 43.1 Å². The fourth-order valence-corrected chi connectivity index (χ4v) is 4.22. The Labute approximate surface area is 190 Å². The number of anilines is 3. The molecule has 6 nitrogen and oxygen atoms in total. The average molecular weight is 461 g/mol. The minimum Gasteiger partial charge on any atom is -0.372 e. The SMILES string of the molecule is O=C1CC[C@@H](C(=O)NCc2ccc(Nc3ccc(N4CCC(C(F)(F)F)CC4)cc3)cc2)N1. The van der Waals surface area contributed by atoms with Crippen LogP contribution in [-0.4, -0.2) is 37.1 Å². The van der Waals surface area contributed by atoms with Crippen molar-refractivity contribution >= 4 is 28.9 Å². The highest BCUT2D eigenvalue weighted by molar-refractivity contribution is 5.90. The molecule has 9 heteroatoms. The lowest BCUT2D eigenvalue weighted by Crippen LogP contribution is -2.41. The molecular weight excluding hydrogens is 433 g/mol. The average Bonchev–Trinajstić information content (AvgIpc) is 3.25. The van der Waals surface area contributed by atoms with Gasteiger partial charge < -0.3 is 20.9 Å². The first-order valence-electron chi connectivity index (χ1n) is 11.1. The quantitative estimate of drug-likeness (QED) is 0.607. The van der Waals surface area contributed by atoms with Crippen LogP contribution in [0.2, 0.25) is 0 Å². The van der Waals surface area contributed by atoms with Gasteiger partial charge in [-0.15, -0.1) is 0 Å². The van der Waals surface area contributed by atoms with E-state index in [-0.39, 0.29) is 24.7 Å². The molecule has 0 saturated carbocycles. The van der Waals surface area contributed by atoms with Gasteiger partial charge in [0.05, 0.1) is 5.92 Å². The molecule has 0 radical (unpaired) electrons. The summed E-state index contributed by atoms with van der Waals surface area (Å²) in [7, 11) is 0. The van der Waals surface area contributed by atoms with Crippen LogP contribution < -0.4 is 20.9 Å². The molecule has 2 aliphatic rings. The minimum atomic E-state index is -4.10. The van der Waals surface area contributed by atoms with E-state index in [0.717, 1.165) is 22.6 Å². The lowest BCUT2D eigenvalue weighted by atomic mass is 9.96. The molecule has 176 valence electrons. The third-order valence-corrected chi connectivity index (χ3v) is 6.21. The molecule has 4 rings (SSSR count). The topological polar surface area (TPSA) is 73.5 Å². The van der Waals surface area contributed by atoms with Gasteiger partial charge in [-0.1, -0.05) is 12.1 Å². The summed E-state index contributed by atoms with van der Waals surface area (Å²) < 4.78 is 38.6. The molecule has 0 unspecified atom stereocenters. The Balaban J connectivity index is 1.25. The summed E-state index contributed by atoms with van der Waals surface area (Å²) in [6.07, 6.45) is -2.93. The van der Waals surface area contributed by atoms with Crippen LogP contribution in [0.1, 0.15) is 31.2 Å². The van der Waals surface area contributed by atoms with Gasteiger partial charge in [-0.2, -0.15) is 13.2 Å². The number of hydrogen-bond donors (Lipinski definition) is 3. The largest absolute Gasteiger partial charge is 0.391 e. The van der Waals surface area contributed by atoms with Gasteiger partial charge >= 0.3 is 6.18 Å².